The smallest absolute Gasteiger partial charge is 0.262 e. The molecule has 22 heavy (non-hydrogen) atoms. The first kappa shape index (κ1) is 14.6. The zero-order valence-corrected chi connectivity index (χ0v) is 12.6. The molecule has 7 heteroatoms. The fourth-order valence-electron chi connectivity index (χ4n) is 2.02. The van der Waals surface area contributed by atoms with Gasteiger partial charge in [-0.15, -0.1) is 0 Å². The second kappa shape index (κ2) is 5.79. The first-order chi connectivity index (χ1) is 10.6. The van der Waals surface area contributed by atoms with Crippen LogP contribution in [-0.4, -0.2) is 15.9 Å². The maximum Gasteiger partial charge on any atom is 0.262 e. The molecule has 0 radical (unpaired) electrons. The number of amides is 1. The second-order valence-electron chi connectivity index (χ2n) is 4.52. The zero-order chi connectivity index (χ0) is 15.7. The predicted molar refractivity (Wildman–Crippen MR) is 86.8 cm³/mol. The quantitative estimate of drug-likeness (QED) is 0.753. The van der Waals surface area contributed by atoms with Crippen LogP contribution in [0.2, 0.25) is 10.0 Å². The number of nitrogens with zero attached hydrogens (tertiary/aromatic N) is 1. The average molecular weight is 334 g/mol. The first-order valence-corrected chi connectivity index (χ1v) is 7.04. The molecule has 0 aliphatic rings. The number of rotatable bonds is 2. The molecule has 0 aliphatic carbocycles. The number of halogens is 2. The Morgan fingerprint density at radius 2 is 2.00 bits per heavy atom. The van der Waals surface area contributed by atoms with Crippen molar-refractivity contribution >= 4 is 45.8 Å². The van der Waals surface area contributed by atoms with Gasteiger partial charge in [0.25, 0.3) is 5.91 Å². The highest BCUT2D eigenvalue weighted by molar-refractivity contribution is 6.36. The summed E-state index contributed by atoms with van der Waals surface area (Å²) in [6.45, 7) is 0. The van der Waals surface area contributed by atoms with Crippen LogP contribution in [0.15, 0.2) is 47.5 Å². The van der Waals surface area contributed by atoms with Gasteiger partial charge in [-0.3, -0.25) is 9.59 Å². The highest BCUT2D eigenvalue weighted by atomic mass is 35.5. The number of aromatic nitrogens is 2. The van der Waals surface area contributed by atoms with Crippen molar-refractivity contribution in [3.05, 3.63) is 68.6 Å². The maximum absolute atomic E-state index is 12.3. The summed E-state index contributed by atoms with van der Waals surface area (Å²) in [5, 5.41) is 3.48. The van der Waals surface area contributed by atoms with Gasteiger partial charge in [-0.2, -0.15) is 0 Å². The van der Waals surface area contributed by atoms with Crippen molar-refractivity contribution in [1.29, 1.82) is 0 Å². The molecule has 2 heterocycles. The van der Waals surface area contributed by atoms with Crippen molar-refractivity contribution < 1.29 is 4.79 Å². The van der Waals surface area contributed by atoms with Gasteiger partial charge in [0.05, 0.1) is 10.0 Å². The van der Waals surface area contributed by atoms with Crippen LogP contribution in [0.4, 0.5) is 5.82 Å². The first-order valence-electron chi connectivity index (χ1n) is 6.29. The van der Waals surface area contributed by atoms with Gasteiger partial charge < -0.3 is 10.3 Å². The minimum Gasteiger partial charge on any atom is -0.360 e. The zero-order valence-electron chi connectivity index (χ0n) is 11.1. The third-order valence-electron chi connectivity index (χ3n) is 3.07. The van der Waals surface area contributed by atoms with Crippen LogP contribution in [0.3, 0.4) is 0 Å². The molecular weight excluding hydrogens is 325 g/mol. The fourth-order valence-corrected chi connectivity index (χ4v) is 2.44. The van der Waals surface area contributed by atoms with E-state index in [0.717, 1.165) is 0 Å². The van der Waals surface area contributed by atoms with E-state index >= 15 is 0 Å². The summed E-state index contributed by atoms with van der Waals surface area (Å²) >= 11 is 11.7. The van der Waals surface area contributed by atoms with Gasteiger partial charge in [-0.1, -0.05) is 35.3 Å². The summed E-state index contributed by atoms with van der Waals surface area (Å²) in [6.07, 6.45) is 2.72. The van der Waals surface area contributed by atoms with Crippen LogP contribution >= 0.6 is 23.2 Å². The fraction of sp³-hybridized carbons (Fsp3) is 0. The van der Waals surface area contributed by atoms with E-state index in [0.29, 0.717) is 15.9 Å². The second-order valence-corrected chi connectivity index (χ2v) is 5.36. The molecule has 2 aromatic heterocycles. The van der Waals surface area contributed by atoms with Crippen LogP contribution in [0.1, 0.15) is 10.4 Å². The Morgan fingerprint density at radius 3 is 2.77 bits per heavy atom. The number of hydrogen-bond acceptors (Lipinski definition) is 3. The van der Waals surface area contributed by atoms with Crippen molar-refractivity contribution in [1.82, 2.24) is 9.97 Å². The van der Waals surface area contributed by atoms with Gasteiger partial charge in [0.15, 0.2) is 5.82 Å². The monoisotopic (exact) mass is 333 g/mol. The largest absolute Gasteiger partial charge is 0.360 e. The summed E-state index contributed by atoms with van der Waals surface area (Å²) in [4.78, 5) is 31.4. The minimum atomic E-state index is -0.594. The van der Waals surface area contributed by atoms with E-state index in [4.69, 9.17) is 23.2 Å². The Kier molecular flexibility index (Phi) is 3.83. The lowest BCUT2D eigenvalue weighted by Crippen LogP contribution is -2.22. The number of para-hydroxylation sites is 1. The third-order valence-corrected chi connectivity index (χ3v) is 3.57. The standard InChI is InChI=1S/C15H9Cl2N3O2/c16-8-5-11(17)14(19-6-8)20-15(22)10-7-18-12-4-2-1-3-9(12)13(10)21/h1-7H,(H,18,21)(H,19,20,22). The molecule has 0 saturated heterocycles. The number of H-pyrrole nitrogens is 1. The third kappa shape index (κ3) is 2.68. The lowest BCUT2D eigenvalue weighted by molar-refractivity contribution is 0.102. The highest BCUT2D eigenvalue weighted by Crippen LogP contribution is 2.22. The molecule has 1 amide bonds. The number of pyridine rings is 2. The van der Waals surface area contributed by atoms with Crippen LogP contribution in [0, 0.1) is 0 Å². The molecular formula is C15H9Cl2N3O2. The molecule has 0 spiro atoms. The molecule has 0 fully saturated rings. The predicted octanol–water partition coefficient (Wildman–Crippen LogP) is 3.48. The number of nitrogens with one attached hydrogen (secondary N) is 2. The van der Waals surface area contributed by atoms with Gasteiger partial charge in [0.1, 0.15) is 5.56 Å². The number of benzene rings is 1. The van der Waals surface area contributed by atoms with Crippen LogP contribution in [0.25, 0.3) is 10.9 Å². The maximum atomic E-state index is 12.3. The van der Waals surface area contributed by atoms with E-state index < -0.39 is 5.91 Å². The molecule has 5 nitrogen and oxygen atoms in total. The SMILES string of the molecule is O=C(Nc1ncc(Cl)cc1Cl)c1c[nH]c2ccccc2c1=O. The van der Waals surface area contributed by atoms with Gasteiger partial charge in [-0.25, -0.2) is 4.98 Å². The molecule has 0 unspecified atom stereocenters. The van der Waals surface area contributed by atoms with Crippen molar-refractivity contribution in [3.63, 3.8) is 0 Å². The Hall–Kier alpha value is -2.37. The lowest BCUT2D eigenvalue weighted by atomic mass is 10.1. The summed E-state index contributed by atoms with van der Waals surface area (Å²) in [5.74, 6) is -0.452. The van der Waals surface area contributed by atoms with Crippen molar-refractivity contribution in [2.75, 3.05) is 5.32 Å². The topological polar surface area (TPSA) is 74.8 Å². The van der Waals surface area contributed by atoms with Gasteiger partial charge in [0.2, 0.25) is 5.43 Å². The van der Waals surface area contributed by atoms with Gasteiger partial charge in [0, 0.05) is 23.3 Å². The van der Waals surface area contributed by atoms with E-state index in [2.05, 4.69) is 15.3 Å². The molecule has 1 aromatic carbocycles. The normalized spacial score (nSPS) is 10.6. The molecule has 0 aliphatic heterocycles. The van der Waals surface area contributed by atoms with Gasteiger partial charge >= 0.3 is 0 Å². The molecule has 0 bridgehead atoms. The molecule has 0 atom stereocenters. The number of fused-ring (bicyclic) bond motifs is 1. The average Bonchev–Trinajstić information content (AvgIpc) is 2.50. The Labute approximate surface area is 134 Å². The van der Waals surface area contributed by atoms with Crippen LogP contribution < -0.4 is 10.7 Å². The summed E-state index contributed by atoms with van der Waals surface area (Å²) in [7, 11) is 0. The molecule has 2 N–H and O–H groups in total. The van der Waals surface area contributed by atoms with E-state index in [-0.39, 0.29) is 21.8 Å². The highest BCUT2D eigenvalue weighted by Gasteiger charge is 2.15. The van der Waals surface area contributed by atoms with Crippen molar-refractivity contribution in [2.24, 2.45) is 0 Å². The molecule has 110 valence electrons. The Balaban J connectivity index is 1.99. The molecule has 3 rings (SSSR count). The van der Waals surface area contributed by atoms with Crippen LogP contribution in [0.5, 0.6) is 0 Å². The number of aromatic amines is 1. The van der Waals surface area contributed by atoms with E-state index in [1.807, 2.05) is 0 Å². The number of anilines is 1. The van der Waals surface area contributed by atoms with Gasteiger partial charge in [-0.05, 0) is 18.2 Å². The number of carbonyl (C=O) groups excluding carboxylic acids is 1. The van der Waals surface area contributed by atoms with Crippen LogP contribution in [-0.2, 0) is 0 Å². The minimum absolute atomic E-state index is 0.0217. The molecule has 3 aromatic rings. The summed E-state index contributed by atoms with van der Waals surface area (Å²) < 4.78 is 0. The van der Waals surface area contributed by atoms with Crippen molar-refractivity contribution in [3.8, 4) is 0 Å². The van der Waals surface area contributed by atoms with E-state index in [1.165, 1.54) is 18.5 Å². The van der Waals surface area contributed by atoms with E-state index in [1.54, 1.807) is 24.3 Å². The van der Waals surface area contributed by atoms with E-state index in [9.17, 15) is 9.59 Å². The Morgan fingerprint density at radius 1 is 1.23 bits per heavy atom. The number of hydrogen-bond donors (Lipinski definition) is 2. The Bertz CT molecular complexity index is 937. The van der Waals surface area contributed by atoms with Crippen molar-refractivity contribution in [2.45, 2.75) is 0 Å². The summed E-state index contributed by atoms with van der Waals surface area (Å²) in [5.41, 5.74) is 0.273. The lowest BCUT2D eigenvalue weighted by Gasteiger charge is -2.07. The molecule has 0 saturated carbocycles. The number of carbonyl (C=O) groups is 1. The summed E-state index contributed by atoms with van der Waals surface area (Å²) in [6, 6.07) is 8.40.